The first-order valence-corrected chi connectivity index (χ1v) is 8.86. The van der Waals surface area contributed by atoms with Gasteiger partial charge < -0.3 is 15.2 Å². The number of aromatic amines is 1. The first-order chi connectivity index (χ1) is 12.6. The van der Waals surface area contributed by atoms with Crippen LogP contribution in [0, 0.1) is 5.92 Å². The molecular weight excluding hydrogens is 326 g/mol. The minimum atomic E-state index is 0.418. The summed E-state index contributed by atoms with van der Waals surface area (Å²) in [7, 11) is 0. The summed E-state index contributed by atoms with van der Waals surface area (Å²) in [4.78, 5) is 0. The minimum Gasteiger partial charge on any atom is -0.494 e. The molecule has 1 aromatic heterocycles. The lowest BCUT2D eigenvalue weighted by Gasteiger charge is -2.08. The largest absolute Gasteiger partial charge is 0.494 e. The molecule has 0 unspecified atom stereocenters. The topological polar surface area (TPSA) is 73.2 Å². The molecule has 1 heterocycles. The fourth-order valence-corrected chi connectivity index (χ4v) is 2.47. The molecule has 26 heavy (non-hydrogen) atoms. The molecule has 0 aliphatic rings. The van der Waals surface area contributed by atoms with E-state index in [4.69, 9.17) is 15.2 Å². The van der Waals surface area contributed by atoms with Crippen molar-refractivity contribution >= 4 is 5.69 Å². The summed E-state index contributed by atoms with van der Waals surface area (Å²) in [5, 5.41) is 7.40. The summed E-state index contributed by atoms with van der Waals surface area (Å²) in [6.07, 6.45) is 1.04. The van der Waals surface area contributed by atoms with Crippen molar-refractivity contribution in [2.24, 2.45) is 5.92 Å². The smallest absolute Gasteiger partial charge is 0.130 e. The van der Waals surface area contributed by atoms with Gasteiger partial charge in [-0.05, 0) is 54.8 Å². The van der Waals surface area contributed by atoms with Gasteiger partial charge in [0, 0.05) is 11.3 Å². The predicted octanol–water partition coefficient (Wildman–Crippen LogP) is 4.66. The van der Waals surface area contributed by atoms with Gasteiger partial charge in [0.2, 0.25) is 0 Å². The first kappa shape index (κ1) is 17.9. The molecule has 0 amide bonds. The zero-order chi connectivity index (χ0) is 18.4. The van der Waals surface area contributed by atoms with Crippen molar-refractivity contribution in [3.05, 3.63) is 60.3 Å². The Morgan fingerprint density at radius 3 is 2.58 bits per heavy atom. The summed E-state index contributed by atoms with van der Waals surface area (Å²) >= 11 is 0. The van der Waals surface area contributed by atoms with Crippen LogP contribution in [0.4, 0.5) is 5.69 Å². The molecule has 3 rings (SSSR count). The van der Waals surface area contributed by atoms with Crippen molar-refractivity contribution in [3.8, 4) is 22.8 Å². The number of rotatable bonds is 8. The standard InChI is InChI=1S/C21H25N3O2/c1-15(2)10-11-25-20-5-3-4-16(12-20)21-13-18(23-24-21)14-26-19-8-6-17(22)7-9-19/h3-9,12-13,15H,10-11,14,22H2,1-2H3,(H,23,24). The zero-order valence-corrected chi connectivity index (χ0v) is 15.2. The minimum absolute atomic E-state index is 0.418. The van der Waals surface area contributed by atoms with Gasteiger partial charge in [-0.1, -0.05) is 26.0 Å². The van der Waals surface area contributed by atoms with Crippen molar-refractivity contribution in [2.75, 3.05) is 12.3 Å². The van der Waals surface area contributed by atoms with Crippen LogP contribution in [0.15, 0.2) is 54.6 Å². The maximum atomic E-state index is 5.83. The van der Waals surface area contributed by atoms with Crippen LogP contribution in [0.2, 0.25) is 0 Å². The van der Waals surface area contributed by atoms with E-state index < -0.39 is 0 Å². The van der Waals surface area contributed by atoms with Gasteiger partial charge in [-0.25, -0.2) is 0 Å². The Hall–Kier alpha value is -2.95. The normalized spacial score (nSPS) is 10.9. The Morgan fingerprint density at radius 2 is 1.81 bits per heavy atom. The molecule has 0 bridgehead atoms. The Kier molecular flexibility index (Phi) is 5.79. The Balaban J connectivity index is 1.61. The Labute approximate surface area is 154 Å². The SMILES string of the molecule is CC(C)CCOc1cccc(-c2cc(COc3ccc(N)cc3)[nH]n2)c1. The number of hydrogen-bond acceptors (Lipinski definition) is 4. The third-order valence-electron chi connectivity index (χ3n) is 4.00. The second-order valence-corrected chi connectivity index (χ2v) is 6.69. The van der Waals surface area contributed by atoms with Gasteiger partial charge in [-0.2, -0.15) is 5.10 Å². The average molecular weight is 351 g/mol. The molecule has 0 fully saturated rings. The molecule has 5 nitrogen and oxygen atoms in total. The molecule has 0 atom stereocenters. The van der Waals surface area contributed by atoms with Crippen LogP contribution in [0.3, 0.4) is 0 Å². The molecular formula is C21H25N3O2. The Bertz CT molecular complexity index is 825. The fourth-order valence-electron chi connectivity index (χ4n) is 2.47. The molecule has 2 aromatic carbocycles. The highest BCUT2D eigenvalue weighted by Gasteiger charge is 2.06. The average Bonchev–Trinajstić information content (AvgIpc) is 3.10. The summed E-state index contributed by atoms with van der Waals surface area (Å²) in [6.45, 7) is 5.53. The Morgan fingerprint density at radius 1 is 1.00 bits per heavy atom. The molecule has 0 saturated heterocycles. The molecule has 0 aliphatic heterocycles. The van der Waals surface area contributed by atoms with Gasteiger partial charge in [-0.15, -0.1) is 0 Å². The van der Waals surface area contributed by atoms with Gasteiger partial charge >= 0.3 is 0 Å². The number of nitrogens with zero attached hydrogens (tertiary/aromatic N) is 1. The zero-order valence-electron chi connectivity index (χ0n) is 15.2. The molecule has 0 radical (unpaired) electrons. The van der Waals surface area contributed by atoms with E-state index in [2.05, 4.69) is 24.0 Å². The van der Waals surface area contributed by atoms with E-state index in [0.717, 1.165) is 47.2 Å². The van der Waals surface area contributed by atoms with Crippen LogP contribution in [-0.4, -0.2) is 16.8 Å². The van der Waals surface area contributed by atoms with Gasteiger partial charge in [0.25, 0.3) is 0 Å². The maximum Gasteiger partial charge on any atom is 0.130 e. The first-order valence-electron chi connectivity index (χ1n) is 8.86. The van der Waals surface area contributed by atoms with E-state index in [9.17, 15) is 0 Å². The van der Waals surface area contributed by atoms with Crippen molar-refractivity contribution in [2.45, 2.75) is 26.9 Å². The molecule has 0 aliphatic carbocycles. The lowest BCUT2D eigenvalue weighted by atomic mass is 10.1. The number of H-pyrrole nitrogens is 1. The summed E-state index contributed by atoms with van der Waals surface area (Å²) in [5.74, 6) is 2.27. The van der Waals surface area contributed by atoms with E-state index in [0.29, 0.717) is 12.5 Å². The van der Waals surface area contributed by atoms with Crippen LogP contribution in [0.1, 0.15) is 26.0 Å². The van der Waals surface area contributed by atoms with Crippen molar-refractivity contribution < 1.29 is 9.47 Å². The monoisotopic (exact) mass is 351 g/mol. The molecule has 0 spiro atoms. The van der Waals surface area contributed by atoms with E-state index in [-0.39, 0.29) is 0 Å². The maximum absolute atomic E-state index is 5.83. The fraction of sp³-hybridized carbons (Fsp3) is 0.286. The molecule has 0 saturated carbocycles. The number of hydrogen-bond donors (Lipinski definition) is 2. The third-order valence-corrected chi connectivity index (χ3v) is 4.00. The van der Waals surface area contributed by atoms with Crippen molar-refractivity contribution in [1.29, 1.82) is 0 Å². The van der Waals surface area contributed by atoms with Crippen LogP contribution in [-0.2, 0) is 6.61 Å². The number of benzene rings is 2. The van der Waals surface area contributed by atoms with Gasteiger partial charge in [0.1, 0.15) is 18.1 Å². The van der Waals surface area contributed by atoms with E-state index in [1.54, 1.807) is 0 Å². The lowest BCUT2D eigenvalue weighted by molar-refractivity contribution is 0.289. The number of nitrogens with one attached hydrogen (secondary N) is 1. The molecule has 136 valence electrons. The van der Waals surface area contributed by atoms with Crippen LogP contribution in [0.5, 0.6) is 11.5 Å². The second kappa shape index (κ2) is 8.43. The lowest BCUT2D eigenvalue weighted by Crippen LogP contribution is -2.01. The number of nitrogens with two attached hydrogens (primary N) is 1. The number of aromatic nitrogens is 2. The summed E-state index contributed by atoms with van der Waals surface area (Å²) in [5.41, 5.74) is 9.19. The third kappa shape index (κ3) is 5.02. The van der Waals surface area contributed by atoms with E-state index in [1.807, 2.05) is 54.6 Å². The van der Waals surface area contributed by atoms with E-state index in [1.165, 1.54) is 0 Å². The van der Waals surface area contributed by atoms with Crippen LogP contribution in [0.25, 0.3) is 11.3 Å². The van der Waals surface area contributed by atoms with Crippen LogP contribution >= 0.6 is 0 Å². The van der Waals surface area contributed by atoms with Gasteiger partial charge in [-0.3, -0.25) is 5.10 Å². The summed E-state index contributed by atoms with van der Waals surface area (Å²) < 4.78 is 11.6. The van der Waals surface area contributed by atoms with E-state index >= 15 is 0 Å². The molecule has 5 heteroatoms. The van der Waals surface area contributed by atoms with Crippen molar-refractivity contribution in [1.82, 2.24) is 10.2 Å². The van der Waals surface area contributed by atoms with Gasteiger partial charge in [0.05, 0.1) is 18.0 Å². The quantitative estimate of drug-likeness (QED) is 0.579. The number of ether oxygens (including phenoxy) is 2. The molecule has 3 aromatic rings. The summed E-state index contributed by atoms with van der Waals surface area (Å²) in [6, 6.07) is 17.3. The molecule has 3 N–H and O–H groups in total. The second-order valence-electron chi connectivity index (χ2n) is 6.69. The van der Waals surface area contributed by atoms with Crippen molar-refractivity contribution in [3.63, 3.8) is 0 Å². The highest BCUT2D eigenvalue weighted by molar-refractivity contribution is 5.61. The van der Waals surface area contributed by atoms with Crippen LogP contribution < -0.4 is 15.2 Å². The highest BCUT2D eigenvalue weighted by atomic mass is 16.5. The predicted molar refractivity (Wildman–Crippen MR) is 104 cm³/mol. The van der Waals surface area contributed by atoms with Gasteiger partial charge in [0.15, 0.2) is 0 Å². The highest BCUT2D eigenvalue weighted by Crippen LogP contribution is 2.24. The number of anilines is 1. The number of nitrogen functional groups attached to an aromatic ring is 1.